The molecule has 114 valence electrons. The molecule has 1 saturated heterocycles. The van der Waals surface area contributed by atoms with Crippen molar-refractivity contribution in [2.75, 3.05) is 18.4 Å². The summed E-state index contributed by atoms with van der Waals surface area (Å²) in [6.45, 7) is 1.98. The van der Waals surface area contributed by atoms with Crippen LogP contribution in [-0.2, 0) is 0 Å². The molecular weight excluding hydrogens is 306 g/mol. The molecule has 1 atom stereocenters. The maximum atomic E-state index is 5.62. The molecule has 5 nitrogen and oxygen atoms in total. The van der Waals surface area contributed by atoms with E-state index in [0.29, 0.717) is 11.9 Å². The van der Waals surface area contributed by atoms with Gasteiger partial charge < -0.3 is 10.6 Å². The van der Waals surface area contributed by atoms with Crippen LogP contribution in [0.3, 0.4) is 0 Å². The van der Waals surface area contributed by atoms with Crippen LogP contribution >= 0.6 is 11.3 Å². The summed E-state index contributed by atoms with van der Waals surface area (Å²) >= 11 is 1.59. The fourth-order valence-electron chi connectivity index (χ4n) is 2.72. The quantitative estimate of drug-likeness (QED) is 0.726. The van der Waals surface area contributed by atoms with E-state index in [1.807, 2.05) is 17.5 Å². The average Bonchev–Trinajstić information content (AvgIpc) is 3.24. The van der Waals surface area contributed by atoms with Crippen LogP contribution in [0.2, 0.25) is 0 Å². The Hall–Kier alpha value is -2.49. The van der Waals surface area contributed by atoms with Gasteiger partial charge in [-0.2, -0.15) is 0 Å². The SMILES string of the molecule is C#Cc1csc2c(N[C@@H]3CCNC3)nc(-c3ccncc3)nc12. The van der Waals surface area contributed by atoms with Crippen LogP contribution in [-0.4, -0.2) is 34.1 Å². The van der Waals surface area contributed by atoms with E-state index < -0.39 is 0 Å². The van der Waals surface area contributed by atoms with Gasteiger partial charge >= 0.3 is 0 Å². The Morgan fingerprint density at radius 3 is 2.91 bits per heavy atom. The van der Waals surface area contributed by atoms with Crippen LogP contribution in [0.15, 0.2) is 29.9 Å². The predicted octanol–water partition coefficient (Wildman–Crippen LogP) is 2.51. The number of aromatic nitrogens is 3. The molecule has 1 aliphatic rings. The predicted molar refractivity (Wildman–Crippen MR) is 93.5 cm³/mol. The van der Waals surface area contributed by atoms with Crippen LogP contribution in [0, 0.1) is 12.3 Å². The third-order valence-electron chi connectivity index (χ3n) is 3.91. The smallest absolute Gasteiger partial charge is 0.162 e. The van der Waals surface area contributed by atoms with Gasteiger partial charge in [0.2, 0.25) is 0 Å². The van der Waals surface area contributed by atoms with E-state index in [1.165, 1.54) is 0 Å². The lowest BCUT2D eigenvalue weighted by atomic mass is 10.2. The molecule has 0 radical (unpaired) electrons. The Morgan fingerprint density at radius 1 is 1.30 bits per heavy atom. The minimum Gasteiger partial charge on any atom is -0.365 e. The summed E-state index contributed by atoms with van der Waals surface area (Å²) in [5, 5.41) is 8.87. The van der Waals surface area contributed by atoms with Gasteiger partial charge in [-0.25, -0.2) is 9.97 Å². The second kappa shape index (κ2) is 5.95. The number of fused-ring (bicyclic) bond motifs is 1. The van der Waals surface area contributed by atoms with Crippen molar-refractivity contribution in [2.45, 2.75) is 12.5 Å². The first kappa shape index (κ1) is 14.1. The molecule has 0 unspecified atom stereocenters. The van der Waals surface area contributed by atoms with Crippen molar-refractivity contribution in [3.63, 3.8) is 0 Å². The van der Waals surface area contributed by atoms with Crippen LogP contribution in [0.1, 0.15) is 12.0 Å². The fraction of sp³-hybridized carbons (Fsp3) is 0.235. The van der Waals surface area contributed by atoms with Crippen molar-refractivity contribution >= 4 is 27.4 Å². The van der Waals surface area contributed by atoms with Gasteiger partial charge in [-0.1, -0.05) is 5.92 Å². The number of anilines is 1. The highest BCUT2D eigenvalue weighted by Crippen LogP contribution is 2.32. The first-order valence-electron chi connectivity index (χ1n) is 7.48. The molecule has 23 heavy (non-hydrogen) atoms. The Morgan fingerprint density at radius 2 is 2.17 bits per heavy atom. The molecule has 4 heterocycles. The van der Waals surface area contributed by atoms with E-state index in [2.05, 4.69) is 26.5 Å². The minimum absolute atomic E-state index is 0.384. The second-order valence-electron chi connectivity index (χ2n) is 5.44. The molecule has 1 aliphatic heterocycles. The Balaban J connectivity index is 1.85. The second-order valence-corrected chi connectivity index (χ2v) is 6.32. The summed E-state index contributed by atoms with van der Waals surface area (Å²) < 4.78 is 1.02. The van der Waals surface area contributed by atoms with Gasteiger partial charge in [-0.3, -0.25) is 4.98 Å². The summed E-state index contributed by atoms with van der Waals surface area (Å²) in [7, 11) is 0. The Labute approximate surface area is 138 Å². The van der Waals surface area contributed by atoms with Crippen molar-refractivity contribution in [1.82, 2.24) is 20.3 Å². The number of rotatable bonds is 3. The molecule has 0 bridgehead atoms. The highest BCUT2D eigenvalue weighted by atomic mass is 32.1. The van der Waals surface area contributed by atoms with Gasteiger partial charge in [0.15, 0.2) is 5.82 Å². The molecule has 1 fully saturated rings. The Kier molecular flexibility index (Phi) is 3.66. The van der Waals surface area contributed by atoms with Gasteiger partial charge in [0.1, 0.15) is 11.3 Å². The zero-order chi connectivity index (χ0) is 15.6. The number of nitrogens with one attached hydrogen (secondary N) is 2. The molecule has 0 amide bonds. The number of terminal acetylenes is 1. The van der Waals surface area contributed by atoms with E-state index in [4.69, 9.17) is 11.4 Å². The Bertz CT molecular complexity index is 875. The van der Waals surface area contributed by atoms with Gasteiger partial charge in [-0.15, -0.1) is 17.8 Å². The summed E-state index contributed by atoms with van der Waals surface area (Å²) in [6, 6.07) is 4.20. The summed E-state index contributed by atoms with van der Waals surface area (Å²) in [5.74, 6) is 4.25. The number of hydrogen-bond donors (Lipinski definition) is 2. The van der Waals surface area contributed by atoms with Gasteiger partial charge in [-0.05, 0) is 25.1 Å². The summed E-state index contributed by atoms with van der Waals surface area (Å²) in [4.78, 5) is 13.5. The highest BCUT2D eigenvalue weighted by Gasteiger charge is 2.19. The lowest BCUT2D eigenvalue weighted by Gasteiger charge is -2.13. The van der Waals surface area contributed by atoms with Crippen LogP contribution in [0.25, 0.3) is 21.6 Å². The van der Waals surface area contributed by atoms with Crippen molar-refractivity contribution in [3.05, 3.63) is 35.5 Å². The average molecular weight is 321 g/mol. The number of thiophene rings is 1. The first-order valence-corrected chi connectivity index (χ1v) is 8.36. The lowest BCUT2D eigenvalue weighted by molar-refractivity contribution is 0.789. The highest BCUT2D eigenvalue weighted by molar-refractivity contribution is 7.18. The summed E-state index contributed by atoms with van der Waals surface area (Å²) in [6.07, 6.45) is 10.2. The molecule has 0 aliphatic carbocycles. The van der Waals surface area contributed by atoms with Crippen LogP contribution < -0.4 is 10.6 Å². The maximum absolute atomic E-state index is 5.62. The molecule has 2 N–H and O–H groups in total. The van der Waals surface area contributed by atoms with Gasteiger partial charge in [0, 0.05) is 35.9 Å². The zero-order valence-electron chi connectivity index (χ0n) is 12.4. The third kappa shape index (κ3) is 2.65. The minimum atomic E-state index is 0.384. The fourth-order valence-corrected chi connectivity index (χ4v) is 3.62. The monoisotopic (exact) mass is 321 g/mol. The standard InChI is InChI=1S/C17H15N5S/c1-2-11-10-23-15-14(11)21-16(12-3-6-18-7-4-12)22-17(15)20-13-5-8-19-9-13/h1,3-4,6-7,10,13,19H,5,8-9H2,(H,20,21,22)/t13-/m1/s1. The largest absolute Gasteiger partial charge is 0.365 e. The van der Waals surface area contributed by atoms with Crippen LogP contribution in [0.4, 0.5) is 5.82 Å². The molecule has 6 heteroatoms. The molecule has 4 rings (SSSR count). The van der Waals surface area contributed by atoms with Gasteiger partial charge in [0.05, 0.1) is 10.3 Å². The topological polar surface area (TPSA) is 62.7 Å². The molecule has 3 aromatic heterocycles. The van der Waals surface area contributed by atoms with E-state index in [-0.39, 0.29) is 0 Å². The molecule has 0 saturated carbocycles. The van der Waals surface area contributed by atoms with Crippen molar-refractivity contribution < 1.29 is 0 Å². The first-order chi connectivity index (χ1) is 11.3. The van der Waals surface area contributed by atoms with E-state index in [9.17, 15) is 0 Å². The molecule has 3 aromatic rings. The van der Waals surface area contributed by atoms with Crippen LogP contribution in [0.5, 0.6) is 0 Å². The lowest BCUT2D eigenvalue weighted by Crippen LogP contribution is -2.22. The van der Waals surface area contributed by atoms with Gasteiger partial charge in [0.25, 0.3) is 0 Å². The van der Waals surface area contributed by atoms with Crippen molar-refractivity contribution in [2.24, 2.45) is 0 Å². The maximum Gasteiger partial charge on any atom is 0.162 e. The zero-order valence-corrected chi connectivity index (χ0v) is 13.2. The van der Waals surface area contributed by atoms with E-state index in [1.54, 1.807) is 23.7 Å². The molecule has 0 aromatic carbocycles. The number of pyridine rings is 1. The van der Waals surface area contributed by atoms with Crippen molar-refractivity contribution in [3.8, 4) is 23.7 Å². The number of hydrogen-bond acceptors (Lipinski definition) is 6. The number of nitrogens with zero attached hydrogens (tertiary/aromatic N) is 3. The van der Waals surface area contributed by atoms with E-state index in [0.717, 1.165) is 46.7 Å². The third-order valence-corrected chi connectivity index (χ3v) is 4.89. The summed E-state index contributed by atoms with van der Waals surface area (Å²) in [5.41, 5.74) is 2.59. The van der Waals surface area contributed by atoms with Crippen molar-refractivity contribution in [1.29, 1.82) is 0 Å². The molecular formula is C17H15N5S. The normalized spacial score (nSPS) is 17.3. The van der Waals surface area contributed by atoms with E-state index >= 15 is 0 Å². The molecule has 0 spiro atoms.